The molecule has 1 aliphatic heterocycles. The summed E-state index contributed by atoms with van der Waals surface area (Å²) in [6, 6.07) is 5.73. The van der Waals surface area contributed by atoms with Crippen LogP contribution in [0.25, 0.3) is 0 Å². The van der Waals surface area contributed by atoms with Crippen molar-refractivity contribution in [3.8, 4) is 0 Å². The van der Waals surface area contributed by atoms with Gasteiger partial charge in [-0.25, -0.2) is 0 Å². The largest absolute Gasteiger partial charge is 0.466 e. The summed E-state index contributed by atoms with van der Waals surface area (Å²) >= 11 is 9.38. The van der Waals surface area contributed by atoms with Gasteiger partial charge in [0.05, 0.1) is 12.5 Å². The van der Waals surface area contributed by atoms with Gasteiger partial charge in [-0.3, -0.25) is 4.79 Å². The Balaban J connectivity index is 1.97. The van der Waals surface area contributed by atoms with Crippen LogP contribution in [0.4, 0.5) is 5.69 Å². The molecule has 1 aliphatic rings. The molecule has 0 radical (unpaired) electrons. The zero-order valence-corrected chi connectivity index (χ0v) is 11.8. The number of ether oxygens (including phenoxy) is 1. The molecule has 2 rings (SSSR count). The maximum atomic E-state index is 11.5. The minimum atomic E-state index is -0.107. The highest BCUT2D eigenvalue weighted by atomic mass is 79.9. The fourth-order valence-electron chi connectivity index (χ4n) is 1.82. The number of nitrogens with zero attached hydrogens (tertiary/aromatic N) is 1. The second-order valence-electron chi connectivity index (χ2n) is 3.98. The van der Waals surface area contributed by atoms with E-state index in [1.807, 2.05) is 25.1 Å². The van der Waals surface area contributed by atoms with Crippen LogP contribution in [-0.4, -0.2) is 25.7 Å². The van der Waals surface area contributed by atoms with Crippen molar-refractivity contribution < 1.29 is 9.53 Å². The Morgan fingerprint density at radius 1 is 1.53 bits per heavy atom. The van der Waals surface area contributed by atoms with E-state index in [0.717, 1.165) is 10.2 Å². The molecule has 0 aliphatic carbocycles. The molecule has 3 nitrogen and oxygen atoms in total. The monoisotopic (exact) mass is 317 g/mol. The fraction of sp³-hybridized carbons (Fsp3) is 0.417. The molecule has 0 bridgehead atoms. The third-order valence-corrected chi connectivity index (χ3v) is 3.39. The van der Waals surface area contributed by atoms with E-state index >= 15 is 0 Å². The van der Waals surface area contributed by atoms with Gasteiger partial charge in [-0.15, -0.1) is 0 Å². The van der Waals surface area contributed by atoms with E-state index in [-0.39, 0.29) is 11.9 Å². The third-order valence-electron chi connectivity index (χ3n) is 2.71. The number of hydrogen-bond acceptors (Lipinski definition) is 3. The highest BCUT2D eigenvalue weighted by Crippen LogP contribution is 2.30. The molecule has 1 aromatic rings. The van der Waals surface area contributed by atoms with E-state index in [1.165, 1.54) is 0 Å². The van der Waals surface area contributed by atoms with Crippen LogP contribution in [0.5, 0.6) is 0 Å². The molecule has 1 aromatic carbocycles. The summed E-state index contributed by atoms with van der Waals surface area (Å²) in [4.78, 5) is 13.6. The van der Waals surface area contributed by atoms with Crippen molar-refractivity contribution in [2.45, 2.75) is 6.92 Å². The molecule has 17 heavy (non-hydrogen) atoms. The maximum Gasteiger partial charge on any atom is 0.312 e. The van der Waals surface area contributed by atoms with Crippen LogP contribution in [0, 0.1) is 5.92 Å². The Labute approximate surface area is 114 Å². The van der Waals surface area contributed by atoms with Gasteiger partial charge in [0.1, 0.15) is 0 Å². The SMILES string of the molecule is CCOC(=O)C1CN(c2cc(Cl)cc(Br)c2)C1. The molecule has 0 spiro atoms. The second kappa shape index (κ2) is 5.27. The van der Waals surface area contributed by atoms with Crippen LogP contribution in [0.2, 0.25) is 5.02 Å². The van der Waals surface area contributed by atoms with Gasteiger partial charge < -0.3 is 9.64 Å². The first-order valence-corrected chi connectivity index (χ1v) is 6.65. The minimum absolute atomic E-state index is 0.00675. The summed E-state index contributed by atoms with van der Waals surface area (Å²) in [5.41, 5.74) is 1.03. The topological polar surface area (TPSA) is 29.5 Å². The van der Waals surface area contributed by atoms with Gasteiger partial charge in [-0.05, 0) is 25.1 Å². The Kier molecular flexibility index (Phi) is 3.94. The average Bonchev–Trinajstić information content (AvgIpc) is 2.13. The van der Waals surface area contributed by atoms with Crippen LogP contribution in [0.15, 0.2) is 22.7 Å². The Hall–Kier alpha value is -0.740. The summed E-state index contributed by atoms with van der Waals surface area (Å²) in [7, 11) is 0. The first kappa shape index (κ1) is 12.7. The molecule has 0 amide bonds. The van der Waals surface area contributed by atoms with Gasteiger partial charge in [0, 0.05) is 28.3 Å². The van der Waals surface area contributed by atoms with Crippen LogP contribution in [-0.2, 0) is 9.53 Å². The van der Waals surface area contributed by atoms with Crippen LogP contribution in [0.1, 0.15) is 6.92 Å². The zero-order chi connectivity index (χ0) is 12.4. The lowest BCUT2D eigenvalue weighted by molar-refractivity contribution is -0.148. The van der Waals surface area contributed by atoms with Crippen molar-refractivity contribution in [1.29, 1.82) is 0 Å². The van der Waals surface area contributed by atoms with Crippen LogP contribution >= 0.6 is 27.5 Å². The minimum Gasteiger partial charge on any atom is -0.466 e. The summed E-state index contributed by atoms with van der Waals surface area (Å²) in [5, 5.41) is 0.689. The van der Waals surface area contributed by atoms with Crippen molar-refractivity contribution in [2.24, 2.45) is 5.92 Å². The number of esters is 1. The molecule has 0 aromatic heterocycles. The lowest BCUT2D eigenvalue weighted by atomic mass is 9.99. The molecule has 0 saturated carbocycles. The average molecular weight is 319 g/mol. The highest BCUT2D eigenvalue weighted by Gasteiger charge is 2.34. The molecule has 0 atom stereocenters. The summed E-state index contributed by atoms with van der Waals surface area (Å²) in [5.74, 6) is -0.113. The van der Waals surface area contributed by atoms with Gasteiger partial charge in [0.25, 0.3) is 0 Å². The highest BCUT2D eigenvalue weighted by molar-refractivity contribution is 9.10. The van der Waals surface area contributed by atoms with Gasteiger partial charge in [0.15, 0.2) is 0 Å². The van der Waals surface area contributed by atoms with E-state index in [2.05, 4.69) is 20.8 Å². The van der Waals surface area contributed by atoms with Gasteiger partial charge in [0.2, 0.25) is 0 Å². The van der Waals surface area contributed by atoms with Crippen molar-refractivity contribution in [3.05, 3.63) is 27.7 Å². The first-order chi connectivity index (χ1) is 8.10. The lowest BCUT2D eigenvalue weighted by Gasteiger charge is -2.39. The standard InChI is InChI=1S/C12H13BrClNO2/c1-2-17-12(16)8-6-15(7-8)11-4-9(13)3-10(14)5-11/h3-5,8H,2,6-7H2,1H3. The van der Waals surface area contributed by atoms with Crippen LogP contribution < -0.4 is 4.90 Å². The predicted molar refractivity (Wildman–Crippen MR) is 71.5 cm³/mol. The normalized spacial score (nSPS) is 15.6. The molecule has 0 unspecified atom stereocenters. The van der Waals surface area contributed by atoms with E-state index < -0.39 is 0 Å². The number of benzene rings is 1. The summed E-state index contributed by atoms with van der Waals surface area (Å²) in [6.45, 7) is 3.66. The molecule has 5 heteroatoms. The lowest BCUT2D eigenvalue weighted by Crippen LogP contribution is -2.51. The smallest absolute Gasteiger partial charge is 0.312 e. The summed E-state index contributed by atoms with van der Waals surface area (Å²) in [6.07, 6.45) is 0. The molecule has 1 saturated heterocycles. The predicted octanol–water partition coefficient (Wildman–Crippen LogP) is 3.10. The molecule has 0 N–H and O–H groups in total. The summed E-state index contributed by atoms with van der Waals surface area (Å²) < 4.78 is 5.92. The first-order valence-electron chi connectivity index (χ1n) is 5.48. The van der Waals surface area contributed by atoms with Crippen molar-refractivity contribution in [2.75, 3.05) is 24.6 Å². The van der Waals surface area contributed by atoms with Crippen LogP contribution in [0.3, 0.4) is 0 Å². The zero-order valence-electron chi connectivity index (χ0n) is 9.45. The molecule has 1 heterocycles. The molecule has 92 valence electrons. The second-order valence-corrected chi connectivity index (χ2v) is 5.33. The fourth-order valence-corrected chi connectivity index (χ4v) is 2.66. The number of rotatable bonds is 3. The maximum absolute atomic E-state index is 11.5. The van der Waals surface area contributed by atoms with Crippen molar-refractivity contribution in [3.63, 3.8) is 0 Å². The molecule has 1 fully saturated rings. The van der Waals surface area contributed by atoms with Gasteiger partial charge in [-0.2, -0.15) is 0 Å². The van der Waals surface area contributed by atoms with Crippen molar-refractivity contribution >= 4 is 39.2 Å². The number of halogens is 2. The number of hydrogen-bond donors (Lipinski definition) is 0. The number of carbonyl (C=O) groups excluding carboxylic acids is 1. The van der Waals surface area contributed by atoms with E-state index in [0.29, 0.717) is 24.7 Å². The Morgan fingerprint density at radius 2 is 2.24 bits per heavy atom. The quantitative estimate of drug-likeness (QED) is 0.802. The van der Waals surface area contributed by atoms with Gasteiger partial charge in [-0.1, -0.05) is 27.5 Å². The van der Waals surface area contributed by atoms with Gasteiger partial charge >= 0.3 is 5.97 Å². The van der Waals surface area contributed by atoms with E-state index in [4.69, 9.17) is 16.3 Å². The van der Waals surface area contributed by atoms with Crippen molar-refractivity contribution in [1.82, 2.24) is 0 Å². The molecular formula is C12H13BrClNO2. The Bertz CT molecular complexity index is 412. The Morgan fingerprint density at radius 3 is 2.82 bits per heavy atom. The molecular weight excluding hydrogens is 305 g/mol. The third kappa shape index (κ3) is 2.93. The van der Waals surface area contributed by atoms with E-state index in [1.54, 1.807) is 0 Å². The number of anilines is 1. The number of carbonyl (C=O) groups is 1. The van der Waals surface area contributed by atoms with E-state index in [9.17, 15) is 4.79 Å².